The molecular formula is C8H18O2. The number of allylic oxidation sites excluding steroid dienone is 1. The molecule has 0 aliphatic rings. The minimum atomic E-state index is -1.10. The van der Waals surface area contributed by atoms with Crippen molar-refractivity contribution in [2.75, 3.05) is 0 Å². The first-order valence-corrected chi connectivity index (χ1v) is 3.66. The lowest BCUT2D eigenvalue weighted by atomic mass is 10.3. The van der Waals surface area contributed by atoms with Crippen molar-refractivity contribution in [2.45, 2.75) is 39.4 Å². The van der Waals surface area contributed by atoms with Gasteiger partial charge < -0.3 is 10.2 Å². The molecule has 0 spiro atoms. The molecule has 0 atom stereocenters. The number of aliphatic hydroxyl groups excluding tert-OH is 1. The average molecular weight is 146 g/mol. The highest BCUT2D eigenvalue weighted by atomic mass is 16.5. The molecule has 0 unspecified atom stereocenters. The minimum Gasteiger partial charge on any atom is -0.368 e. The van der Waals surface area contributed by atoms with Crippen LogP contribution in [-0.4, -0.2) is 16.5 Å². The molecular weight excluding hydrogens is 128 g/mol. The summed E-state index contributed by atoms with van der Waals surface area (Å²) in [5, 5.41) is 16.2. The zero-order valence-electron chi connectivity index (χ0n) is 6.88. The fraction of sp³-hybridized carbons (Fsp3) is 0.750. The van der Waals surface area contributed by atoms with Crippen LogP contribution in [0.15, 0.2) is 12.7 Å². The lowest BCUT2D eigenvalue weighted by Gasteiger charge is -1.94. The van der Waals surface area contributed by atoms with Gasteiger partial charge in [-0.1, -0.05) is 26.3 Å². The maximum absolute atomic E-state index is 8.11. The topological polar surface area (TPSA) is 40.5 Å². The van der Waals surface area contributed by atoms with Gasteiger partial charge in [-0.15, -0.1) is 6.58 Å². The van der Waals surface area contributed by atoms with Crippen LogP contribution in [0.1, 0.15) is 33.1 Å². The van der Waals surface area contributed by atoms with E-state index >= 15 is 0 Å². The summed E-state index contributed by atoms with van der Waals surface area (Å²) >= 11 is 0. The Hall–Kier alpha value is -0.340. The van der Waals surface area contributed by atoms with Gasteiger partial charge >= 0.3 is 0 Å². The van der Waals surface area contributed by atoms with E-state index in [9.17, 15) is 0 Å². The highest BCUT2D eigenvalue weighted by molar-refractivity contribution is 4.60. The quantitative estimate of drug-likeness (QED) is 0.470. The Balaban J connectivity index is 0. The summed E-state index contributed by atoms with van der Waals surface area (Å²) in [6, 6.07) is 0. The van der Waals surface area contributed by atoms with Crippen LogP contribution in [0.2, 0.25) is 0 Å². The van der Waals surface area contributed by atoms with Crippen molar-refractivity contribution >= 4 is 0 Å². The number of hydrogen-bond donors (Lipinski definition) is 2. The number of aliphatic hydroxyl groups is 2. The Bertz CT molecular complexity index is 60.3. The molecule has 0 radical (unpaired) electrons. The summed E-state index contributed by atoms with van der Waals surface area (Å²) in [6.07, 6.45) is 3.17. The van der Waals surface area contributed by atoms with Gasteiger partial charge in [-0.05, 0) is 12.8 Å². The molecule has 10 heavy (non-hydrogen) atoms. The van der Waals surface area contributed by atoms with Crippen molar-refractivity contribution in [2.24, 2.45) is 0 Å². The third kappa shape index (κ3) is 25.4. The lowest BCUT2D eigenvalue weighted by molar-refractivity contribution is -0.0453. The maximum Gasteiger partial charge on any atom is 0.151 e. The van der Waals surface area contributed by atoms with Crippen molar-refractivity contribution in [3.8, 4) is 0 Å². The van der Waals surface area contributed by atoms with E-state index in [0.29, 0.717) is 6.42 Å². The normalized spacial score (nSPS) is 8.50. The highest BCUT2D eigenvalue weighted by Crippen LogP contribution is 1.88. The van der Waals surface area contributed by atoms with Crippen LogP contribution in [-0.2, 0) is 0 Å². The van der Waals surface area contributed by atoms with Gasteiger partial charge in [-0.25, -0.2) is 0 Å². The first-order chi connectivity index (χ1) is 4.68. The molecule has 0 rings (SSSR count). The largest absolute Gasteiger partial charge is 0.368 e. The second kappa shape index (κ2) is 11.5. The average Bonchev–Trinajstić information content (AvgIpc) is 1.89. The summed E-state index contributed by atoms with van der Waals surface area (Å²) in [5.41, 5.74) is 0. The Morgan fingerprint density at radius 1 is 1.40 bits per heavy atom. The van der Waals surface area contributed by atoms with Crippen LogP contribution in [0.25, 0.3) is 0 Å². The molecule has 2 N–H and O–H groups in total. The zero-order valence-corrected chi connectivity index (χ0v) is 6.88. The molecule has 0 amide bonds. The summed E-state index contributed by atoms with van der Waals surface area (Å²) in [5.74, 6) is 0. The molecule has 2 nitrogen and oxygen atoms in total. The third-order valence-corrected chi connectivity index (χ3v) is 0.836. The minimum absolute atomic E-state index is 0.486. The SMILES string of the molecule is C=CCC.CCCC(O)O. The van der Waals surface area contributed by atoms with Crippen molar-refractivity contribution in [1.29, 1.82) is 0 Å². The van der Waals surface area contributed by atoms with Gasteiger partial charge in [0.1, 0.15) is 0 Å². The van der Waals surface area contributed by atoms with Crippen molar-refractivity contribution in [1.82, 2.24) is 0 Å². The molecule has 0 aliphatic carbocycles. The van der Waals surface area contributed by atoms with Crippen LogP contribution in [0.4, 0.5) is 0 Å². The van der Waals surface area contributed by atoms with Gasteiger partial charge in [0.15, 0.2) is 6.29 Å². The molecule has 0 aliphatic heterocycles. The van der Waals surface area contributed by atoms with Gasteiger partial charge in [0.2, 0.25) is 0 Å². The van der Waals surface area contributed by atoms with Crippen LogP contribution in [0.5, 0.6) is 0 Å². The fourth-order valence-electron chi connectivity index (χ4n) is 0.258. The first-order valence-electron chi connectivity index (χ1n) is 3.66. The second-order valence-corrected chi connectivity index (χ2v) is 1.97. The summed E-state index contributed by atoms with van der Waals surface area (Å²) in [7, 11) is 0. The Morgan fingerprint density at radius 2 is 1.80 bits per heavy atom. The Labute approximate surface area is 63.2 Å². The van der Waals surface area contributed by atoms with E-state index in [1.807, 2.05) is 13.0 Å². The van der Waals surface area contributed by atoms with E-state index in [0.717, 1.165) is 12.8 Å². The lowest BCUT2D eigenvalue weighted by Crippen LogP contribution is -2.01. The standard InChI is InChI=1S/C4H10O2.C4H8/c1-2-3-4(5)6;1-3-4-2/h4-6H,2-3H2,1H3;3H,1,4H2,2H3. The van der Waals surface area contributed by atoms with E-state index in [4.69, 9.17) is 10.2 Å². The monoisotopic (exact) mass is 146 g/mol. The maximum atomic E-state index is 8.11. The summed E-state index contributed by atoms with van der Waals surface area (Å²) in [6.45, 7) is 7.44. The van der Waals surface area contributed by atoms with Crippen molar-refractivity contribution in [3.63, 3.8) is 0 Å². The van der Waals surface area contributed by atoms with Gasteiger partial charge in [0.25, 0.3) is 0 Å². The van der Waals surface area contributed by atoms with Crippen molar-refractivity contribution in [3.05, 3.63) is 12.7 Å². The third-order valence-electron chi connectivity index (χ3n) is 0.836. The van der Waals surface area contributed by atoms with Gasteiger partial charge in [0.05, 0.1) is 0 Å². The van der Waals surface area contributed by atoms with E-state index in [1.165, 1.54) is 0 Å². The molecule has 0 saturated heterocycles. The predicted octanol–water partition coefficient (Wildman–Crippen LogP) is 1.68. The van der Waals surface area contributed by atoms with Crippen LogP contribution in [0, 0.1) is 0 Å². The van der Waals surface area contributed by atoms with Gasteiger partial charge in [-0.3, -0.25) is 0 Å². The number of rotatable bonds is 3. The molecule has 0 aromatic carbocycles. The number of hydrogen-bond acceptors (Lipinski definition) is 2. The fourth-order valence-corrected chi connectivity index (χ4v) is 0.258. The van der Waals surface area contributed by atoms with Crippen LogP contribution in [0.3, 0.4) is 0 Å². The van der Waals surface area contributed by atoms with E-state index < -0.39 is 6.29 Å². The molecule has 0 bridgehead atoms. The second-order valence-electron chi connectivity index (χ2n) is 1.97. The smallest absolute Gasteiger partial charge is 0.151 e. The van der Waals surface area contributed by atoms with E-state index in [2.05, 4.69) is 13.5 Å². The predicted molar refractivity (Wildman–Crippen MR) is 43.6 cm³/mol. The molecule has 0 aromatic heterocycles. The Kier molecular flexibility index (Phi) is 14.1. The summed E-state index contributed by atoms with van der Waals surface area (Å²) < 4.78 is 0. The van der Waals surface area contributed by atoms with Crippen LogP contribution >= 0.6 is 0 Å². The molecule has 0 saturated carbocycles. The highest BCUT2D eigenvalue weighted by Gasteiger charge is 1.89. The van der Waals surface area contributed by atoms with Crippen LogP contribution < -0.4 is 0 Å². The van der Waals surface area contributed by atoms with Crippen molar-refractivity contribution < 1.29 is 10.2 Å². The molecule has 0 aromatic rings. The van der Waals surface area contributed by atoms with Gasteiger partial charge in [-0.2, -0.15) is 0 Å². The molecule has 0 heterocycles. The molecule has 0 fully saturated rings. The first kappa shape index (κ1) is 12.3. The molecule has 2 heteroatoms. The summed E-state index contributed by atoms with van der Waals surface area (Å²) in [4.78, 5) is 0. The Morgan fingerprint density at radius 3 is 1.80 bits per heavy atom. The zero-order chi connectivity index (χ0) is 8.41. The van der Waals surface area contributed by atoms with E-state index in [-0.39, 0.29) is 0 Å². The van der Waals surface area contributed by atoms with Gasteiger partial charge in [0, 0.05) is 0 Å². The molecule has 62 valence electrons. The van der Waals surface area contributed by atoms with E-state index in [1.54, 1.807) is 0 Å².